The third-order valence-electron chi connectivity index (χ3n) is 3.22. The van der Waals surface area contributed by atoms with Crippen molar-refractivity contribution in [3.8, 4) is 0 Å². The summed E-state index contributed by atoms with van der Waals surface area (Å²) in [6.45, 7) is -1.67. The molecule has 1 saturated heterocycles. The fourth-order valence-corrected chi connectivity index (χ4v) is 2.76. The molecule has 0 aliphatic carbocycles. The maximum atomic E-state index is 12.4. The number of carbonyl (C=O) groups is 2. The molecule has 1 unspecified atom stereocenters. The Kier molecular flexibility index (Phi) is 5.33. The molecule has 1 fully saturated rings. The first-order chi connectivity index (χ1) is 10.6. The van der Waals surface area contributed by atoms with Crippen molar-refractivity contribution in [1.29, 1.82) is 0 Å². The fourth-order valence-electron chi connectivity index (χ4n) is 2.17. The van der Waals surface area contributed by atoms with E-state index in [0.717, 1.165) is 0 Å². The Hall–Kier alpha value is -1.18. The van der Waals surface area contributed by atoms with E-state index >= 15 is 0 Å². The van der Waals surface area contributed by atoms with Crippen LogP contribution in [0.1, 0.15) is 6.42 Å². The van der Waals surface area contributed by atoms with Crippen molar-refractivity contribution in [2.24, 2.45) is 5.92 Å². The molecule has 2 amide bonds. The monoisotopic (exact) mass is 388 g/mol. The predicted octanol–water partition coefficient (Wildman–Crippen LogP) is 4.00. The van der Waals surface area contributed by atoms with Gasteiger partial charge in [-0.3, -0.25) is 9.59 Å². The molecule has 1 heterocycles. The molecule has 0 radical (unpaired) electrons. The van der Waals surface area contributed by atoms with Gasteiger partial charge in [-0.2, -0.15) is 13.2 Å². The lowest BCUT2D eigenvalue weighted by molar-refractivity contribution is -0.157. The summed E-state index contributed by atoms with van der Waals surface area (Å²) in [4.78, 5) is 24.3. The van der Waals surface area contributed by atoms with E-state index in [2.05, 4.69) is 5.32 Å². The minimum atomic E-state index is -4.51. The molecule has 0 saturated carbocycles. The van der Waals surface area contributed by atoms with Crippen LogP contribution in [0.15, 0.2) is 12.1 Å². The SMILES string of the molecule is O=C(Nc1cc(Cl)c(Cl)cc1Cl)C1CC(=O)N(CC(F)(F)F)C1. The van der Waals surface area contributed by atoms with Crippen molar-refractivity contribution >= 4 is 52.3 Å². The predicted molar refractivity (Wildman–Crippen MR) is 80.8 cm³/mol. The minimum Gasteiger partial charge on any atom is -0.333 e. The van der Waals surface area contributed by atoms with Gasteiger partial charge in [0.15, 0.2) is 0 Å². The van der Waals surface area contributed by atoms with Gasteiger partial charge in [0.2, 0.25) is 11.8 Å². The number of likely N-dealkylation sites (tertiary alicyclic amines) is 1. The number of hydrogen-bond acceptors (Lipinski definition) is 2. The van der Waals surface area contributed by atoms with Crippen LogP contribution in [0.4, 0.5) is 18.9 Å². The van der Waals surface area contributed by atoms with Gasteiger partial charge in [0.05, 0.1) is 26.7 Å². The number of carbonyl (C=O) groups excluding carboxylic acids is 2. The fraction of sp³-hybridized carbons (Fsp3) is 0.385. The zero-order valence-electron chi connectivity index (χ0n) is 11.4. The second-order valence-corrected chi connectivity index (χ2v) is 6.25. The highest BCUT2D eigenvalue weighted by Gasteiger charge is 2.40. The summed E-state index contributed by atoms with van der Waals surface area (Å²) >= 11 is 17.5. The van der Waals surface area contributed by atoms with Crippen LogP contribution in [-0.2, 0) is 9.59 Å². The normalized spacial score (nSPS) is 18.4. The van der Waals surface area contributed by atoms with Crippen LogP contribution in [0.3, 0.4) is 0 Å². The highest BCUT2D eigenvalue weighted by atomic mass is 35.5. The van der Waals surface area contributed by atoms with Gasteiger partial charge < -0.3 is 10.2 Å². The lowest BCUT2D eigenvalue weighted by atomic mass is 10.1. The summed E-state index contributed by atoms with van der Waals surface area (Å²) < 4.78 is 37.1. The van der Waals surface area contributed by atoms with Crippen molar-refractivity contribution < 1.29 is 22.8 Å². The molecule has 1 atom stereocenters. The first-order valence-corrected chi connectivity index (χ1v) is 7.50. The number of benzene rings is 1. The summed E-state index contributed by atoms with van der Waals surface area (Å²) in [7, 11) is 0. The van der Waals surface area contributed by atoms with Gasteiger partial charge in [0.25, 0.3) is 0 Å². The number of nitrogens with zero attached hydrogens (tertiary/aromatic N) is 1. The van der Waals surface area contributed by atoms with Crippen molar-refractivity contribution in [3.05, 3.63) is 27.2 Å². The van der Waals surface area contributed by atoms with Crippen LogP contribution in [0, 0.1) is 5.92 Å². The van der Waals surface area contributed by atoms with E-state index in [-0.39, 0.29) is 33.7 Å². The Morgan fingerprint density at radius 3 is 2.43 bits per heavy atom. The molecule has 2 rings (SSSR count). The molecule has 10 heteroatoms. The van der Waals surface area contributed by atoms with Gasteiger partial charge in [0, 0.05) is 13.0 Å². The topological polar surface area (TPSA) is 49.4 Å². The molecule has 4 nitrogen and oxygen atoms in total. The standard InChI is InChI=1S/C13H10Cl3F3N2O2/c14-7-2-9(16)10(3-8(7)15)20-12(23)6-1-11(22)21(4-6)5-13(17,18)19/h2-3,6H,1,4-5H2,(H,20,23). The average molecular weight is 390 g/mol. The molecule has 126 valence electrons. The van der Waals surface area contributed by atoms with Gasteiger partial charge in [-0.15, -0.1) is 0 Å². The molecular formula is C13H10Cl3F3N2O2. The third kappa shape index (κ3) is 4.65. The number of nitrogens with one attached hydrogen (secondary N) is 1. The number of anilines is 1. The maximum absolute atomic E-state index is 12.4. The van der Waals surface area contributed by atoms with Crippen molar-refractivity contribution in [1.82, 2.24) is 4.90 Å². The van der Waals surface area contributed by atoms with Gasteiger partial charge in [-0.1, -0.05) is 34.8 Å². The Morgan fingerprint density at radius 2 is 1.83 bits per heavy atom. The van der Waals surface area contributed by atoms with Gasteiger partial charge in [-0.05, 0) is 12.1 Å². The zero-order chi connectivity index (χ0) is 17.4. The molecule has 1 aromatic carbocycles. The Bertz CT molecular complexity index is 652. The van der Waals surface area contributed by atoms with Crippen LogP contribution in [-0.4, -0.2) is 36.0 Å². The van der Waals surface area contributed by atoms with Crippen molar-refractivity contribution in [2.45, 2.75) is 12.6 Å². The van der Waals surface area contributed by atoms with E-state index in [0.29, 0.717) is 4.90 Å². The molecule has 1 aliphatic heterocycles. The first-order valence-electron chi connectivity index (χ1n) is 6.37. The van der Waals surface area contributed by atoms with Crippen molar-refractivity contribution in [3.63, 3.8) is 0 Å². The highest BCUT2D eigenvalue weighted by Crippen LogP contribution is 2.33. The largest absolute Gasteiger partial charge is 0.406 e. The Morgan fingerprint density at radius 1 is 1.22 bits per heavy atom. The van der Waals surface area contributed by atoms with E-state index in [9.17, 15) is 22.8 Å². The molecule has 23 heavy (non-hydrogen) atoms. The average Bonchev–Trinajstić information content (AvgIpc) is 2.75. The molecule has 0 aromatic heterocycles. The molecular weight excluding hydrogens is 380 g/mol. The van der Waals surface area contributed by atoms with E-state index in [1.807, 2.05) is 0 Å². The number of rotatable bonds is 3. The second-order valence-electron chi connectivity index (χ2n) is 5.03. The van der Waals surface area contributed by atoms with Crippen LogP contribution >= 0.6 is 34.8 Å². The molecule has 0 spiro atoms. The number of alkyl halides is 3. The van der Waals surface area contributed by atoms with Crippen LogP contribution in [0.2, 0.25) is 15.1 Å². The first kappa shape index (κ1) is 18.2. The highest BCUT2D eigenvalue weighted by molar-refractivity contribution is 6.44. The van der Waals surface area contributed by atoms with E-state index in [1.54, 1.807) is 0 Å². The van der Waals surface area contributed by atoms with Gasteiger partial charge >= 0.3 is 6.18 Å². The lowest BCUT2D eigenvalue weighted by Crippen LogP contribution is -2.36. The Balaban J connectivity index is 2.05. The maximum Gasteiger partial charge on any atom is 0.406 e. The number of amides is 2. The zero-order valence-corrected chi connectivity index (χ0v) is 13.7. The van der Waals surface area contributed by atoms with E-state index < -0.39 is 30.5 Å². The summed E-state index contributed by atoms with van der Waals surface area (Å²) in [5.41, 5.74) is 0.174. The lowest BCUT2D eigenvalue weighted by Gasteiger charge is -2.18. The third-order valence-corrected chi connectivity index (χ3v) is 4.26. The smallest absolute Gasteiger partial charge is 0.333 e. The summed E-state index contributed by atoms with van der Waals surface area (Å²) in [5, 5.41) is 2.94. The number of halogens is 6. The molecule has 0 bridgehead atoms. The second kappa shape index (κ2) is 6.75. The van der Waals surface area contributed by atoms with E-state index in [4.69, 9.17) is 34.8 Å². The number of hydrogen-bond donors (Lipinski definition) is 1. The summed E-state index contributed by atoms with van der Waals surface area (Å²) in [6.07, 6.45) is -4.80. The van der Waals surface area contributed by atoms with E-state index in [1.165, 1.54) is 12.1 Å². The quantitative estimate of drug-likeness (QED) is 0.795. The molecule has 1 aromatic rings. The van der Waals surface area contributed by atoms with Crippen LogP contribution in [0.25, 0.3) is 0 Å². The van der Waals surface area contributed by atoms with Gasteiger partial charge in [-0.25, -0.2) is 0 Å². The van der Waals surface area contributed by atoms with Gasteiger partial charge in [0.1, 0.15) is 6.54 Å². The minimum absolute atomic E-state index is 0.129. The van der Waals surface area contributed by atoms with Crippen LogP contribution in [0.5, 0.6) is 0 Å². The molecule has 1 aliphatic rings. The summed E-state index contributed by atoms with van der Waals surface area (Å²) in [5.74, 6) is -2.22. The summed E-state index contributed by atoms with van der Waals surface area (Å²) in [6, 6.07) is 2.66. The molecule has 1 N–H and O–H groups in total. The van der Waals surface area contributed by atoms with Crippen LogP contribution < -0.4 is 5.32 Å². The Labute approximate surface area is 144 Å². The van der Waals surface area contributed by atoms with Crippen molar-refractivity contribution in [2.75, 3.05) is 18.4 Å².